The number of aliphatic hydroxyl groups excluding tert-OH is 1. The van der Waals surface area contributed by atoms with Crippen LogP contribution in [0.3, 0.4) is 0 Å². The summed E-state index contributed by atoms with van der Waals surface area (Å²) in [7, 11) is 0. The molecule has 0 saturated heterocycles. The quantitative estimate of drug-likeness (QED) is 0.447. The number of nitriles is 1. The molecule has 1 aliphatic rings. The Labute approximate surface area is 192 Å². The third kappa shape index (κ3) is 2.94. The monoisotopic (exact) mass is 455 g/mol. The highest BCUT2D eigenvalue weighted by atomic mass is 19.1. The Balaban J connectivity index is 1.61. The summed E-state index contributed by atoms with van der Waals surface area (Å²) < 4.78 is 18.4. The van der Waals surface area contributed by atoms with Crippen molar-refractivity contribution in [3.63, 3.8) is 0 Å². The average molecular weight is 455 g/mol. The number of aromatic nitrogens is 6. The smallest absolute Gasteiger partial charge is 0.331 e. The molecule has 168 valence electrons. The number of halogens is 1. The summed E-state index contributed by atoms with van der Waals surface area (Å²) in [5.41, 5.74) is 3.11. The summed E-state index contributed by atoms with van der Waals surface area (Å²) in [6.45, 7) is -0.152. The van der Waals surface area contributed by atoms with Crippen LogP contribution in [0.5, 0.6) is 0 Å². The number of benzene rings is 2. The summed E-state index contributed by atoms with van der Waals surface area (Å²) in [5.74, 6) is -0.183. The zero-order valence-corrected chi connectivity index (χ0v) is 17.8. The first-order chi connectivity index (χ1) is 16.6. The van der Waals surface area contributed by atoms with E-state index in [2.05, 4.69) is 15.0 Å². The van der Waals surface area contributed by atoms with Gasteiger partial charge >= 0.3 is 5.69 Å². The Kier molecular flexibility index (Phi) is 4.53. The second-order valence-corrected chi connectivity index (χ2v) is 8.26. The minimum atomic E-state index is -0.604. The lowest BCUT2D eigenvalue weighted by atomic mass is 9.85. The molecule has 2 aromatic carbocycles. The first kappa shape index (κ1) is 20.3. The lowest BCUT2D eigenvalue weighted by molar-refractivity contribution is 0.147. The van der Waals surface area contributed by atoms with Gasteiger partial charge in [0.1, 0.15) is 24.2 Å². The summed E-state index contributed by atoms with van der Waals surface area (Å²) in [4.78, 5) is 26.9. The Hall–Kier alpha value is -4.36. The van der Waals surface area contributed by atoms with Gasteiger partial charge in [0, 0.05) is 6.07 Å². The van der Waals surface area contributed by atoms with E-state index >= 15 is 0 Å². The van der Waals surface area contributed by atoms with E-state index in [1.54, 1.807) is 15.2 Å². The highest BCUT2D eigenvalue weighted by Gasteiger charge is 2.31. The lowest BCUT2D eigenvalue weighted by Crippen LogP contribution is -2.30. The molecule has 6 rings (SSSR count). The molecule has 2 atom stereocenters. The second kappa shape index (κ2) is 7.60. The molecule has 0 amide bonds. The van der Waals surface area contributed by atoms with Crippen molar-refractivity contribution in [3.8, 4) is 12.0 Å². The lowest BCUT2D eigenvalue weighted by Gasteiger charge is -2.29. The standard InChI is InChI=1S/C24H18FN7O2/c25-14-5-6-17-19(11-14)31(13-28-17)23-27-12-20-22(29-23)32(24(34)30(20)10-9-26)18-7-8-21(33)16-4-2-1-3-15(16)18/h1-6,11-13,18,21,33H,7-8,10H2. The van der Waals surface area contributed by atoms with Crippen LogP contribution in [0.1, 0.15) is 36.1 Å². The zero-order valence-electron chi connectivity index (χ0n) is 17.8. The van der Waals surface area contributed by atoms with Crippen molar-refractivity contribution >= 4 is 22.2 Å². The molecule has 0 radical (unpaired) electrons. The van der Waals surface area contributed by atoms with Crippen LogP contribution in [0.2, 0.25) is 0 Å². The van der Waals surface area contributed by atoms with E-state index in [9.17, 15) is 19.6 Å². The number of imidazole rings is 2. The summed E-state index contributed by atoms with van der Waals surface area (Å²) in [6.07, 6.45) is 3.42. The van der Waals surface area contributed by atoms with Crippen molar-refractivity contribution in [3.05, 3.63) is 82.4 Å². The number of hydrogen-bond acceptors (Lipinski definition) is 6. The van der Waals surface area contributed by atoms with Crippen LogP contribution in [0.15, 0.2) is 59.8 Å². The molecular formula is C24H18FN7O2. The largest absolute Gasteiger partial charge is 0.388 e. The minimum Gasteiger partial charge on any atom is -0.388 e. The summed E-state index contributed by atoms with van der Waals surface area (Å²) >= 11 is 0. The molecule has 0 saturated carbocycles. The maximum atomic E-state index is 13.9. The zero-order chi connectivity index (χ0) is 23.4. The van der Waals surface area contributed by atoms with E-state index < -0.39 is 11.9 Å². The highest BCUT2D eigenvalue weighted by Crippen LogP contribution is 2.38. The molecule has 2 unspecified atom stereocenters. The van der Waals surface area contributed by atoms with Gasteiger partial charge < -0.3 is 5.11 Å². The van der Waals surface area contributed by atoms with Crippen molar-refractivity contribution in [2.75, 3.05) is 0 Å². The molecule has 1 N–H and O–H groups in total. The Morgan fingerprint density at radius 1 is 1.12 bits per heavy atom. The van der Waals surface area contributed by atoms with Crippen LogP contribution >= 0.6 is 0 Å². The van der Waals surface area contributed by atoms with Gasteiger partial charge in [-0.15, -0.1) is 0 Å². The normalized spacial score (nSPS) is 17.7. The fourth-order valence-electron chi connectivity index (χ4n) is 4.82. The van der Waals surface area contributed by atoms with Crippen LogP contribution in [-0.4, -0.2) is 33.8 Å². The van der Waals surface area contributed by atoms with Crippen LogP contribution < -0.4 is 5.69 Å². The van der Waals surface area contributed by atoms with Gasteiger partial charge in [0.15, 0.2) is 5.65 Å². The van der Waals surface area contributed by atoms with E-state index in [1.807, 2.05) is 30.3 Å². The number of hydrogen-bond donors (Lipinski definition) is 1. The number of aliphatic hydroxyl groups is 1. The molecular weight excluding hydrogens is 437 g/mol. The van der Waals surface area contributed by atoms with Crippen molar-refractivity contribution in [1.29, 1.82) is 5.26 Å². The van der Waals surface area contributed by atoms with E-state index in [0.29, 0.717) is 35.0 Å². The van der Waals surface area contributed by atoms with E-state index in [4.69, 9.17) is 0 Å². The third-order valence-electron chi connectivity index (χ3n) is 6.39. The topological polar surface area (TPSA) is 115 Å². The molecule has 10 heteroatoms. The van der Waals surface area contributed by atoms with Crippen molar-refractivity contribution in [1.82, 2.24) is 28.7 Å². The fraction of sp³-hybridized carbons (Fsp3) is 0.208. The van der Waals surface area contributed by atoms with Gasteiger partial charge in [0.25, 0.3) is 0 Å². The Morgan fingerprint density at radius 2 is 1.94 bits per heavy atom. The predicted octanol–water partition coefficient (Wildman–Crippen LogP) is 3.01. The van der Waals surface area contributed by atoms with Gasteiger partial charge in [-0.05, 0) is 36.1 Å². The molecule has 0 aliphatic heterocycles. The third-order valence-corrected chi connectivity index (χ3v) is 6.39. The molecule has 34 heavy (non-hydrogen) atoms. The Bertz CT molecular complexity index is 1680. The van der Waals surface area contributed by atoms with Crippen LogP contribution in [0, 0.1) is 17.1 Å². The number of rotatable bonds is 3. The Morgan fingerprint density at radius 3 is 2.76 bits per heavy atom. The number of nitrogens with zero attached hydrogens (tertiary/aromatic N) is 7. The molecule has 1 aliphatic carbocycles. The van der Waals surface area contributed by atoms with Crippen molar-refractivity contribution < 1.29 is 9.50 Å². The molecule has 0 bridgehead atoms. The molecule has 3 heterocycles. The second-order valence-electron chi connectivity index (χ2n) is 8.26. The first-order valence-corrected chi connectivity index (χ1v) is 10.8. The number of fused-ring (bicyclic) bond motifs is 3. The van der Waals surface area contributed by atoms with E-state index in [-0.39, 0.29) is 24.2 Å². The maximum absolute atomic E-state index is 13.9. The maximum Gasteiger partial charge on any atom is 0.331 e. The van der Waals surface area contributed by atoms with Gasteiger partial charge in [0.2, 0.25) is 5.95 Å². The van der Waals surface area contributed by atoms with E-state index in [1.165, 1.54) is 29.2 Å². The first-order valence-electron chi connectivity index (χ1n) is 10.8. The van der Waals surface area contributed by atoms with Gasteiger partial charge in [0.05, 0.1) is 35.4 Å². The summed E-state index contributed by atoms with van der Waals surface area (Å²) in [6, 6.07) is 13.4. The average Bonchev–Trinajstić information content (AvgIpc) is 3.38. The van der Waals surface area contributed by atoms with Crippen molar-refractivity contribution in [2.45, 2.75) is 31.5 Å². The van der Waals surface area contributed by atoms with Crippen LogP contribution in [-0.2, 0) is 6.54 Å². The molecule has 9 nitrogen and oxygen atoms in total. The van der Waals surface area contributed by atoms with Crippen LogP contribution in [0.4, 0.5) is 4.39 Å². The van der Waals surface area contributed by atoms with Crippen molar-refractivity contribution in [2.24, 2.45) is 0 Å². The highest BCUT2D eigenvalue weighted by molar-refractivity contribution is 5.78. The van der Waals surface area contributed by atoms with Gasteiger partial charge in [-0.1, -0.05) is 24.3 Å². The molecule has 3 aromatic heterocycles. The fourth-order valence-corrected chi connectivity index (χ4v) is 4.82. The minimum absolute atomic E-state index is 0.152. The van der Waals surface area contributed by atoms with Gasteiger partial charge in [-0.25, -0.2) is 19.2 Å². The van der Waals surface area contributed by atoms with Crippen LogP contribution in [0.25, 0.3) is 28.1 Å². The van der Waals surface area contributed by atoms with Gasteiger partial charge in [-0.3, -0.25) is 13.7 Å². The molecule has 5 aromatic rings. The predicted molar refractivity (Wildman–Crippen MR) is 121 cm³/mol. The molecule has 0 spiro atoms. The van der Waals surface area contributed by atoms with E-state index in [0.717, 1.165) is 11.1 Å². The molecule has 0 fully saturated rings. The SMILES string of the molecule is N#CCn1c(=O)n(C2CCC(O)c3ccccc32)c2nc(-n3cnc4ccc(F)cc43)ncc21. The summed E-state index contributed by atoms with van der Waals surface area (Å²) in [5, 5.41) is 19.8. The van der Waals surface area contributed by atoms with Gasteiger partial charge in [-0.2, -0.15) is 10.2 Å².